The van der Waals surface area contributed by atoms with Gasteiger partial charge in [-0.1, -0.05) is 66.2 Å². The van der Waals surface area contributed by atoms with Gasteiger partial charge in [-0.05, 0) is 73.7 Å². The minimum atomic E-state index is 0.402. The number of nitrogens with zero attached hydrogens (tertiary/aromatic N) is 1. The van der Waals surface area contributed by atoms with E-state index >= 15 is 0 Å². The molecule has 0 aliphatic carbocycles. The van der Waals surface area contributed by atoms with Crippen molar-refractivity contribution in [2.45, 2.75) is 6.61 Å². The summed E-state index contributed by atoms with van der Waals surface area (Å²) in [6.45, 7) is 0.402. The number of hydrogen-bond donors (Lipinski definition) is 0. The highest BCUT2D eigenvalue weighted by Gasteiger charge is 2.13. The summed E-state index contributed by atoms with van der Waals surface area (Å²) >= 11 is 9.57. The summed E-state index contributed by atoms with van der Waals surface area (Å²) in [7, 11) is 1.60. The summed E-state index contributed by atoms with van der Waals surface area (Å²) in [5, 5.41) is 12.6. The van der Waals surface area contributed by atoms with Crippen molar-refractivity contribution in [3.05, 3.63) is 105 Å². The van der Waals surface area contributed by atoms with Gasteiger partial charge in [-0.15, -0.1) is 0 Å². The smallest absolute Gasteiger partial charge is 0.175 e. The SMILES string of the molecule is COc1cc(/C=C(/C#N)c2ccc(Cl)cc2)cc(Br)c1OCc1cccc2ccccc12. The van der Waals surface area contributed by atoms with E-state index in [0.717, 1.165) is 26.5 Å². The van der Waals surface area contributed by atoms with Gasteiger partial charge in [0, 0.05) is 5.02 Å². The van der Waals surface area contributed by atoms with Gasteiger partial charge < -0.3 is 9.47 Å². The number of allylic oxidation sites excluding steroid dienone is 1. The first-order valence-electron chi connectivity index (χ1n) is 9.94. The fourth-order valence-corrected chi connectivity index (χ4v) is 4.21. The fourth-order valence-electron chi connectivity index (χ4n) is 3.51. The van der Waals surface area contributed by atoms with E-state index in [1.54, 1.807) is 19.2 Å². The second kappa shape index (κ2) is 9.91. The molecule has 0 amide bonds. The van der Waals surface area contributed by atoms with Crippen LogP contribution in [-0.2, 0) is 6.61 Å². The first-order chi connectivity index (χ1) is 15.6. The van der Waals surface area contributed by atoms with Crippen molar-refractivity contribution in [3.8, 4) is 17.6 Å². The van der Waals surface area contributed by atoms with Crippen LogP contribution < -0.4 is 9.47 Å². The Morgan fingerprint density at radius 3 is 2.53 bits per heavy atom. The van der Waals surface area contributed by atoms with E-state index in [4.69, 9.17) is 21.1 Å². The number of nitriles is 1. The van der Waals surface area contributed by atoms with Crippen LogP contribution in [0.2, 0.25) is 5.02 Å². The summed E-state index contributed by atoms with van der Waals surface area (Å²) in [5.74, 6) is 1.20. The van der Waals surface area contributed by atoms with Gasteiger partial charge in [0.1, 0.15) is 6.61 Å². The van der Waals surface area contributed by atoms with Crippen molar-refractivity contribution in [1.82, 2.24) is 0 Å². The Hall–Kier alpha value is -3.26. The van der Waals surface area contributed by atoms with E-state index in [2.05, 4.69) is 46.3 Å². The van der Waals surface area contributed by atoms with Crippen molar-refractivity contribution in [1.29, 1.82) is 5.26 Å². The zero-order valence-corrected chi connectivity index (χ0v) is 19.7. The molecule has 4 rings (SSSR count). The molecule has 0 aliphatic heterocycles. The molecule has 0 aromatic heterocycles. The van der Waals surface area contributed by atoms with E-state index in [9.17, 15) is 5.26 Å². The topological polar surface area (TPSA) is 42.2 Å². The second-order valence-corrected chi connectivity index (χ2v) is 8.43. The van der Waals surface area contributed by atoms with Gasteiger partial charge in [0.05, 0.1) is 23.2 Å². The third-order valence-electron chi connectivity index (χ3n) is 5.09. The van der Waals surface area contributed by atoms with Crippen molar-refractivity contribution in [2.24, 2.45) is 0 Å². The van der Waals surface area contributed by atoms with Gasteiger partial charge >= 0.3 is 0 Å². The van der Waals surface area contributed by atoms with Crippen molar-refractivity contribution >= 4 is 50.0 Å². The minimum Gasteiger partial charge on any atom is -0.493 e. The average molecular weight is 505 g/mol. The van der Waals surface area contributed by atoms with Crippen molar-refractivity contribution in [3.63, 3.8) is 0 Å². The number of ether oxygens (including phenoxy) is 2. The third-order valence-corrected chi connectivity index (χ3v) is 5.93. The van der Waals surface area contributed by atoms with Gasteiger partial charge in [0.15, 0.2) is 11.5 Å². The molecular formula is C27H19BrClNO2. The Kier molecular flexibility index (Phi) is 6.80. The number of halogens is 2. The molecule has 3 nitrogen and oxygen atoms in total. The van der Waals surface area contributed by atoms with Crippen LogP contribution in [-0.4, -0.2) is 7.11 Å². The third kappa shape index (κ3) is 4.80. The highest BCUT2D eigenvalue weighted by Crippen LogP contribution is 2.38. The van der Waals surface area contributed by atoms with Crippen LogP contribution in [0.3, 0.4) is 0 Å². The monoisotopic (exact) mass is 503 g/mol. The molecule has 0 atom stereocenters. The van der Waals surface area contributed by atoms with Gasteiger partial charge in [0.25, 0.3) is 0 Å². The summed E-state index contributed by atoms with van der Waals surface area (Å²) in [6, 6.07) is 27.6. The van der Waals surface area contributed by atoms with E-state index in [0.29, 0.717) is 28.7 Å². The van der Waals surface area contributed by atoms with Crippen molar-refractivity contribution < 1.29 is 9.47 Å². The van der Waals surface area contributed by atoms with Crippen LogP contribution >= 0.6 is 27.5 Å². The molecule has 0 bridgehead atoms. The Bertz CT molecular complexity index is 1340. The fraction of sp³-hybridized carbons (Fsp3) is 0.0741. The lowest BCUT2D eigenvalue weighted by Gasteiger charge is -2.15. The van der Waals surface area contributed by atoms with Gasteiger partial charge in [-0.2, -0.15) is 5.26 Å². The maximum absolute atomic E-state index is 9.64. The number of methoxy groups -OCH3 is 1. The largest absolute Gasteiger partial charge is 0.493 e. The van der Waals surface area contributed by atoms with Gasteiger partial charge in [-0.3, -0.25) is 0 Å². The molecule has 4 aromatic rings. The summed E-state index contributed by atoms with van der Waals surface area (Å²) in [5.41, 5.74) is 3.23. The standard InChI is InChI=1S/C27H19BrClNO2/c1-31-26-15-18(13-22(16-30)19-9-11-23(29)12-10-19)14-25(28)27(26)32-17-21-7-4-6-20-5-2-3-8-24(20)21/h2-15H,17H2,1H3/b22-13-. The highest BCUT2D eigenvalue weighted by molar-refractivity contribution is 9.10. The van der Waals surface area contributed by atoms with Gasteiger partial charge in [-0.25, -0.2) is 0 Å². The van der Waals surface area contributed by atoms with Crippen LogP contribution in [0.5, 0.6) is 11.5 Å². The van der Waals surface area contributed by atoms with Gasteiger partial charge in [0.2, 0.25) is 0 Å². The van der Waals surface area contributed by atoms with Crippen LogP contribution in [0.4, 0.5) is 0 Å². The molecular weight excluding hydrogens is 486 g/mol. The normalized spacial score (nSPS) is 11.2. The number of hydrogen-bond acceptors (Lipinski definition) is 3. The van der Waals surface area contributed by atoms with Crippen LogP contribution in [0.25, 0.3) is 22.4 Å². The molecule has 0 N–H and O–H groups in total. The second-order valence-electron chi connectivity index (χ2n) is 7.14. The zero-order chi connectivity index (χ0) is 22.5. The number of benzene rings is 4. The predicted octanol–water partition coefficient (Wildman–Crippen LogP) is 7.91. The molecule has 0 fully saturated rings. The predicted molar refractivity (Wildman–Crippen MR) is 134 cm³/mol. The lowest BCUT2D eigenvalue weighted by atomic mass is 10.0. The lowest BCUT2D eigenvalue weighted by molar-refractivity contribution is 0.283. The maximum Gasteiger partial charge on any atom is 0.175 e. The van der Waals surface area contributed by atoms with Crippen LogP contribution in [0.15, 0.2) is 83.3 Å². The van der Waals surface area contributed by atoms with E-state index in [1.807, 2.05) is 48.5 Å². The summed E-state index contributed by atoms with van der Waals surface area (Å²) in [6.07, 6.45) is 1.81. The Morgan fingerprint density at radius 2 is 1.78 bits per heavy atom. The van der Waals surface area contributed by atoms with Crippen LogP contribution in [0, 0.1) is 11.3 Å². The molecule has 0 radical (unpaired) electrons. The maximum atomic E-state index is 9.64. The van der Waals surface area contributed by atoms with E-state index in [-0.39, 0.29) is 0 Å². The molecule has 0 saturated heterocycles. The molecule has 32 heavy (non-hydrogen) atoms. The summed E-state index contributed by atoms with van der Waals surface area (Å²) in [4.78, 5) is 0. The number of rotatable bonds is 6. The Labute approximate surface area is 200 Å². The quantitative estimate of drug-likeness (QED) is 0.198. The molecule has 4 aromatic carbocycles. The van der Waals surface area contributed by atoms with E-state index in [1.165, 1.54) is 5.39 Å². The van der Waals surface area contributed by atoms with E-state index < -0.39 is 0 Å². The molecule has 0 unspecified atom stereocenters. The number of fused-ring (bicyclic) bond motifs is 1. The lowest BCUT2D eigenvalue weighted by Crippen LogP contribution is -2.00. The van der Waals surface area contributed by atoms with Crippen LogP contribution in [0.1, 0.15) is 16.7 Å². The Balaban J connectivity index is 1.63. The first kappa shape index (κ1) is 22.0. The average Bonchev–Trinajstić information content (AvgIpc) is 2.82. The molecule has 158 valence electrons. The van der Waals surface area contributed by atoms with Crippen molar-refractivity contribution in [2.75, 3.05) is 7.11 Å². The minimum absolute atomic E-state index is 0.402. The molecule has 0 spiro atoms. The summed E-state index contributed by atoms with van der Waals surface area (Å²) < 4.78 is 12.5. The molecule has 5 heteroatoms. The highest BCUT2D eigenvalue weighted by atomic mass is 79.9. The molecule has 0 aliphatic rings. The first-order valence-corrected chi connectivity index (χ1v) is 11.1. The Morgan fingerprint density at radius 1 is 1.03 bits per heavy atom. The molecule has 0 heterocycles. The molecule has 0 saturated carbocycles. The zero-order valence-electron chi connectivity index (χ0n) is 17.3.